The van der Waals surface area contributed by atoms with Gasteiger partial charge in [0, 0.05) is 28.3 Å². The van der Waals surface area contributed by atoms with Crippen molar-refractivity contribution in [3.63, 3.8) is 0 Å². The van der Waals surface area contributed by atoms with Crippen LogP contribution in [0.15, 0.2) is 0 Å². The largest absolute Gasteiger partial charge is 0.483 e. The minimum Gasteiger partial charge on any atom is -0.483 e. The zero-order valence-corrected chi connectivity index (χ0v) is 10.3. The van der Waals surface area contributed by atoms with Gasteiger partial charge in [-0.15, -0.1) is 0 Å². The molecule has 14 heavy (non-hydrogen) atoms. The fourth-order valence-corrected chi connectivity index (χ4v) is 0.174. The molecule has 0 saturated heterocycles. The molecule has 0 amide bonds. The number of ketones is 1. The Morgan fingerprint density at radius 3 is 1.64 bits per heavy atom. The van der Waals surface area contributed by atoms with Crippen molar-refractivity contribution in [1.29, 1.82) is 0 Å². The van der Waals surface area contributed by atoms with Gasteiger partial charge in [0.05, 0.1) is 0 Å². The van der Waals surface area contributed by atoms with E-state index in [1.807, 2.05) is 13.8 Å². The Morgan fingerprint density at radius 2 is 1.64 bits per heavy atom. The van der Waals surface area contributed by atoms with Crippen molar-refractivity contribution >= 4 is 11.8 Å². The number of carboxylic acid groups (broad SMARTS) is 1. The third kappa shape index (κ3) is 14.3. The summed E-state index contributed by atoms with van der Waals surface area (Å²) in [7, 11) is 0. The number of Topliss-reactive ketones (excluding diaryl/α,β-unsaturated/α-hetero) is 1. The normalized spacial score (nSPS) is 10.7. The summed E-state index contributed by atoms with van der Waals surface area (Å²) in [4.78, 5) is 20.0. The second kappa shape index (κ2) is 10.9. The fraction of sp³-hybridized carbons (Fsp3) is 0.667. The van der Waals surface area contributed by atoms with Crippen molar-refractivity contribution in [2.75, 3.05) is 6.61 Å². The average molecular weight is 237 g/mol. The molecule has 0 fully saturated rings. The number of aliphatic carboxylic acids is 1. The molecule has 0 aromatic heterocycles. The van der Waals surface area contributed by atoms with Crippen LogP contribution in [0.3, 0.4) is 0 Å². The maximum atomic E-state index is 10.1. The molecule has 0 rings (SSSR count). The maximum Gasteiger partial charge on any atom is 0.283 e. The molecule has 2 N–H and O–H groups in total. The van der Waals surface area contributed by atoms with Crippen molar-refractivity contribution in [1.82, 2.24) is 0 Å². The van der Waals surface area contributed by atoms with E-state index in [0.29, 0.717) is 12.5 Å². The minimum atomic E-state index is -1.17. The molecule has 82 valence electrons. The first kappa shape index (κ1) is 19.4. The van der Waals surface area contributed by atoms with Crippen LogP contribution in [0.2, 0.25) is 0 Å². The molecule has 0 saturated carbocycles. The molecule has 4 nitrogen and oxygen atoms in total. The van der Waals surface area contributed by atoms with Crippen LogP contribution >= 0.6 is 0 Å². The summed E-state index contributed by atoms with van der Waals surface area (Å²) in [6.45, 7) is 8.54. The molecule has 1 atom stereocenters. The van der Waals surface area contributed by atoms with Crippen molar-refractivity contribution in [3.05, 3.63) is 6.92 Å². The zero-order valence-electron chi connectivity index (χ0n) is 8.78. The summed E-state index contributed by atoms with van der Waals surface area (Å²) in [6.07, 6.45) is 0. The quantitative estimate of drug-likeness (QED) is 0.431. The smallest absolute Gasteiger partial charge is 0.283 e. The number of carboxylic acids is 1. The maximum absolute atomic E-state index is 10.1. The number of hydrogen-bond donors (Lipinski definition) is 2. The van der Waals surface area contributed by atoms with E-state index in [-0.39, 0.29) is 21.7 Å². The van der Waals surface area contributed by atoms with Crippen LogP contribution in [0, 0.1) is 18.8 Å². The molecule has 0 aliphatic rings. The Bertz CT molecular complexity index is 154. The second-order valence-corrected chi connectivity index (χ2v) is 3.08. The van der Waals surface area contributed by atoms with E-state index in [0.717, 1.165) is 0 Å². The fourth-order valence-electron chi connectivity index (χ4n) is 0.174. The van der Waals surface area contributed by atoms with Crippen LogP contribution in [0.1, 0.15) is 20.8 Å². The van der Waals surface area contributed by atoms with Gasteiger partial charge in [0.2, 0.25) is 0 Å². The Morgan fingerprint density at radius 1 is 1.36 bits per heavy atom. The predicted molar refractivity (Wildman–Crippen MR) is 49.1 cm³/mol. The van der Waals surface area contributed by atoms with E-state index in [9.17, 15) is 9.59 Å². The molecule has 0 spiro atoms. The zero-order chi connectivity index (χ0) is 11.0. The number of aliphatic hydroxyl groups excluding tert-OH is 1. The third-order valence-corrected chi connectivity index (χ3v) is 1.15. The van der Waals surface area contributed by atoms with Crippen molar-refractivity contribution in [2.24, 2.45) is 11.8 Å². The Labute approximate surface area is 99.6 Å². The molecule has 5 heteroatoms. The topological polar surface area (TPSA) is 74.6 Å². The van der Waals surface area contributed by atoms with E-state index < -0.39 is 17.7 Å². The van der Waals surface area contributed by atoms with E-state index in [2.05, 4.69) is 6.92 Å². The Hall–Kier alpha value is -0.186. The summed E-state index contributed by atoms with van der Waals surface area (Å²) in [5.41, 5.74) is 0. The molecule has 0 aliphatic carbocycles. The third-order valence-electron chi connectivity index (χ3n) is 1.15. The number of carbonyl (C=O) groups is 2. The van der Waals surface area contributed by atoms with Gasteiger partial charge >= 0.3 is 0 Å². The van der Waals surface area contributed by atoms with Crippen LogP contribution in [-0.2, 0) is 31.3 Å². The van der Waals surface area contributed by atoms with Gasteiger partial charge in [-0.1, -0.05) is 13.8 Å². The number of carbonyl (C=O) groups excluding carboxylic acids is 1. The van der Waals surface area contributed by atoms with E-state index in [1.54, 1.807) is 0 Å². The Kier molecular flexibility index (Phi) is 15.1. The van der Waals surface area contributed by atoms with Gasteiger partial charge in [0.25, 0.3) is 5.97 Å². The summed E-state index contributed by atoms with van der Waals surface area (Å²) in [5.74, 6) is -2.25. The SMILES string of the molecule is CC(C)CO.[CH2-]C(C(C)=O)C(=O)O.[Ti]. The number of aliphatic hydroxyl groups is 1. The summed E-state index contributed by atoms with van der Waals surface area (Å²) < 4.78 is 0. The first-order valence-electron chi connectivity index (χ1n) is 4.00. The van der Waals surface area contributed by atoms with Crippen molar-refractivity contribution in [3.8, 4) is 0 Å². The molecular weight excluding hydrogens is 220 g/mol. The van der Waals surface area contributed by atoms with Crippen molar-refractivity contribution in [2.45, 2.75) is 20.8 Å². The molecule has 0 aromatic rings. The molecule has 0 bridgehead atoms. The van der Waals surface area contributed by atoms with Crippen LogP contribution in [0.5, 0.6) is 0 Å². The van der Waals surface area contributed by atoms with E-state index in [1.165, 1.54) is 6.92 Å². The number of hydrogen-bond acceptors (Lipinski definition) is 3. The molecule has 0 aromatic carbocycles. The average Bonchev–Trinajstić information content (AvgIpc) is 2.03. The van der Waals surface area contributed by atoms with Gasteiger partial charge in [-0.3, -0.25) is 4.79 Å². The van der Waals surface area contributed by atoms with Gasteiger partial charge in [-0.25, -0.2) is 0 Å². The number of rotatable bonds is 3. The van der Waals surface area contributed by atoms with Gasteiger partial charge in [-0.2, -0.15) is 0 Å². The predicted octanol–water partition coefficient (Wildman–Crippen LogP) is 0.742. The van der Waals surface area contributed by atoms with Gasteiger partial charge in [0.1, 0.15) is 5.78 Å². The molecule has 0 radical (unpaired) electrons. The molecule has 0 heterocycles. The first-order valence-corrected chi connectivity index (χ1v) is 4.00. The summed E-state index contributed by atoms with van der Waals surface area (Å²) in [5, 5.41) is 16.2. The summed E-state index contributed by atoms with van der Waals surface area (Å²) in [6, 6.07) is 0. The second-order valence-electron chi connectivity index (χ2n) is 3.08. The van der Waals surface area contributed by atoms with Crippen LogP contribution < -0.4 is 0 Å². The molecular formula is C9H17O4Ti-. The van der Waals surface area contributed by atoms with Gasteiger partial charge in [0.15, 0.2) is 0 Å². The van der Waals surface area contributed by atoms with Gasteiger partial charge < -0.3 is 21.9 Å². The first-order chi connectivity index (χ1) is 5.82. The molecule has 0 aliphatic heterocycles. The molecule has 1 unspecified atom stereocenters. The monoisotopic (exact) mass is 237 g/mol. The van der Waals surface area contributed by atoms with E-state index in [4.69, 9.17) is 10.2 Å². The van der Waals surface area contributed by atoms with Crippen molar-refractivity contribution < 1.29 is 41.5 Å². The van der Waals surface area contributed by atoms with Crippen LogP contribution in [0.25, 0.3) is 0 Å². The van der Waals surface area contributed by atoms with Crippen LogP contribution in [0.4, 0.5) is 0 Å². The standard InChI is InChI=1S/C5H7O3.C4H10O.Ti/c1-3(4(2)6)5(7)8;1-4(2)3-5;/h3H,1H2,2H3,(H,7,8);4-5H,3H2,1-2H3;/q-1;;. The Balaban J connectivity index is -0.000000177. The minimum absolute atomic E-state index is 0. The van der Waals surface area contributed by atoms with Gasteiger partial charge in [-0.05, 0) is 18.8 Å². The summed E-state index contributed by atoms with van der Waals surface area (Å²) >= 11 is 0. The van der Waals surface area contributed by atoms with E-state index >= 15 is 0 Å². The van der Waals surface area contributed by atoms with Crippen LogP contribution in [-0.4, -0.2) is 28.6 Å².